The summed E-state index contributed by atoms with van der Waals surface area (Å²) in [5.74, 6) is -0.241. The molecule has 0 spiro atoms. The van der Waals surface area contributed by atoms with E-state index in [0.717, 1.165) is 26.2 Å². The molecule has 0 aromatic heterocycles. The van der Waals surface area contributed by atoms with Crippen molar-refractivity contribution in [2.24, 2.45) is 0 Å². The molecule has 1 fully saturated rings. The topological polar surface area (TPSA) is 65.0 Å². The second kappa shape index (κ2) is 10.6. The van der Waals surface area contributed by atoms with E-state index in [0.29, 0.717) is 18.7 Å². The van der Waals surface area contributed by atoms with Gasteiger partial charge in [-0.15, -0.1) is 0 Å². The van der Waals surface area contributed by atoms with Gasteiger partial charge in [0.05, 0.1) is 25.9 Å². The van der Waals surface area contributed by atoms with Gasteiger partial charge in [-0.05, 0) is 19.9 Å². The summed E-state index contributed by atoms with van der Waals surface area (Å²) in [5, 5.41) is 13.0. The number of hydrogen-bond donors (Lipinski definition) is 2. The van der Waals surface area contributed by atoms with Gasteiger partial charge >= 0.3 is 0 Å². The second-order valence-corrected chi connectivity index (χ2v) is 7.06. The van der Waals surface area contributed by atoms with Crippen molar-refractivity contribution < 1.29 is 19.0 Å². The Hall–Kier alpha value is -1.54. The van der Waals surface area contributed by atoms with Crippen molar-refractivity contribution in [2.75, 3.05) is 45.9 Å². The number of aliphatic hydroxyl groups excluding tert-OH is 1. The van der Waals surface area contributed by atoms with Gasteiger partial charge in [-0.3, -0.25) is 14.6 Å². The SMILES string of the molecule is CC(C)NC(=O)CN1CCN(CC(O)COCc2ccccc2F)CC1. The van der Waals surface area contributed by atoms with Crippen LogP contribution >= 0.6 is 0 Å². The van der Waals surface area contributed by atoms with Gasteiger partial charge in [-0.2, -0.15) is 0 Å². The fraction of sp³-hybridized carbons (Fsp3) is 0.632. The van der Waals surface area contributed by atoms with Crippen LogP contribution in [0, 0.1) is 5.82 Å². The minimum atomic E-state index is -0.613. The minimum absolute atomic E-state index is 0.0510. The van der Waals surface area contributed by atoms with Crippen LogP contribution in [0.15, 0.2) is 24.3 Å². The monoisotopic (exact) mass is 367 g/mol. The average molecular weight is 367 g/mol. The van der Waals surface area contributed by atoms with E-state index >= 15 is 0 Å². The quantitative estimate of drug-likeness (QED) is 0.677. The third-order valence-electron chi connectivity index (χ3n) is 4.28. The Morgan fingerprint density at radius 1 is 1.23 bits per heavy atom. The van der Waals surface area contributed by atoms with E-state index in [1.54, 1.807) is 18.2 Å². The number of rotatable bonds is 9. The lowest BCUT2D eigenvalue weighted by molar-refractivity contribution is -0.123. The van der Waals surface area contributed by atoms with Crippen LogP contribution in [0.3, 0.4) is 0 Å². The first-order chi connectivity index (χ1) is 12.4. The van der Waals surface area contributed by atoms with Gasteiger partial charge in [-0.25, -0.2) is 4.39 Å². The lowest BCUT2D eigenvalue weighted by Crippen LogP contribution is -2.51. The Labute approximate surface area is 154 Å². The first-order valence-electron chi connectivity index (χ1n) is 9.17. The highest BCUT2D eigenvalue weighted by Gasteiger charge is 2.21. The van der Waals surface area contributed by atoms with E-state index in [1.165, 1.54) is 6.07 Å². The predicted octanol–water partition coefficient (Wildman–Crippen LogP) is 0.845. The highest BCUT2D eigenvalue weighted by molar-refractivity contribution is 5.78. The molecule has 1 heterocycles. The summed E-state index contributed by atoms with van der Waals surface area (Å²) < 4.78 is 18.9. The van der Waals surface area contributed by atoms with E-state index < -0.39 is 6.10 Å². The number of piperazine rings is 1. The maximum atomic E-state index is 13.5. The number of ether oxygens (including phenoxy) is 1. The Kier molecular flexibility index (Phi) is 8.44. The van der Waals surface area contributed by atoms with Crippen LogP contribution in [-0.2, 0) is 16.1 Å². The Morgan fingerprint density at radius 2 is 1.88 bits per heavy atom. The summed E-state index contributed by atoms with van der Waals surface area (Å²) in [5.41, 5.74) is 0.494. The molecule has 1 aromatic rings. The van der Waals surface area contributed by atoms with Crippen molar-refractivity contribution in [1.82, 2.24) is 15.1 Å². The molecule has 0 saturated carbocycles. The maximum absolute atomic E-state index is 13.5. The Balaban J connectivity index is 1.61. The van der Waals surface area contributed by atoms with Gasteiger partial charge in [0, 0.05) is 44.3 Å². The lowest BCUT2D eigenvalue weighted by Gasteiger charge is -2.35. The summed E-state index contributed by atoms with van der Waals surface area (Å²) >= 11 is 0. The molecule has 1 aromatic carbocycles. The number of carbonyl (C=O) groups excluding carboxylic acids is 1. The molecule has 0 aliphatic carbocycles. The number of aliphatic hydroxyl groups is 1. The third kappa shape index (κ3) is 7.37. The number of amides is 1. The van der Waals surface area contributed by atoms with Crippen LogP contribution < -0.4 is 5.32 Å². The number of benzene rings is 1. The first kappa shape index (κ1) is 20.8. The van der Waals surface area contributed by atoms with Gasteiger partial charge in [-0.1, -0.05) is 18.2 Å². The van der Waals surface area contributed by atoms with Crippen LogP contribution in [0.1, 0.15) is 19.4 Å². The lowest BCUT2D eigenvalue weighted by atomic mass is 10.2. The molecule has 0 bridgehead atoms. The summed E-state index contributed by atoms with van der Waals surface area (Å²) in [7, 11) is 0. The molecule has 1 saturated heterocycles. The molecule has 146 valence electrons. The van der Waals surface area contributed by atoms with Crippen molar-refractivity contribution in [3.8, 4) is 0 Å². The highest BCUT2D eigenvalue weighted by Crippen LogP contribution is 2.08. The zero-order valence-electron chi connectivity index (χ0n) is 15.7. The van der Waals surface area contributed by atoms with Gasteiger partial charge in [0.15, 0.2) is 0 Å². The molecule has 2 N–H and O–H groups in total. The summed E-state index contributed by atoms with van der Waals surface area (Å²) in [6.07, 6.45) is -0.613. The van der Waals surface area contributed by atoms with Crippen LogP contribution in [0.5, 0.6) is 0 Å². The van der Waals surface area contributed by atoms with Crippen molar-refractivity contribution in [3.63, 3.8) is 0 Å². The summed E-state index contributed by atoms with van der Waals surface area (Å²) in [6.45, 7) is 8.37. The fourth-order valence-corrected chi connectivity index (χ4v) is 2.97. The van der Waals surface area contributed by atoms with E-state index in [9.17, 15) is 14.3 Å². The van der Waals surface area contributed by atoms with E-state index in [4.69, 9.17) is 4.74 Å². The van der Waals surface area contributed by atoms with Crippen molar-refractivity contribution in [3.05, 3.63) is 35.6 Å². The van der Waals surface area contributed by atoms with Crippen molar-refractivity contribution in [2.45, 2.75) is 32.6 Å². The van der Waals surface area contributed by atoms with Gasteiger partial charge in [0.2, 0.25) is 5.91 Å². The second-order valence-electron chi connectivity index (χ2n) is 7.06. The molecule has 0 radical (unpaired) electrons. The van der Waals surface area contributed by atoms with Crippen molar-refractivity contribution >= 4 is 5.91 Å². The van der Waals surface area contributed by atoms with E-state index in [2.05, 4.69) is 15.1 Å². The Morgan fingerprint density at radius 3 is 2.54 bits per heavy atom. The van der Waals surface area contributed by atoms with Crippen LogP contribution in [0.2, 0.25) is 0 Å². The molecule has 1 atom stereocenters. The molecule has 1 aliphatic rings. The van der Waals surface area contributed by atoms with Crippen LogP contribution in [0.25, 0.3) is 0 Å². The molecule has 7 heteroatoms. The predicted molar refractivity (Wildman–Crippen MR) is 98.2 cm³/mol. The van der Waals surface area contributed by atoms with Crippen molar-refractivity contribution in [1.29, 1.82) is 0 Å². The number of carbonyl (C=O) groups is 1. The van der Waals surface area contributed by atoms with E-state index in [1.807, 2.05) is 13.8 Å². The Bertz CT molecular complexity index is 563. The third-order valence-corrected chi connectivity index (χ3v) is 4.28. The zero-order valence-corrected chi connectivity index (χ0v) is 15.7. The molecule has 6 nitrogen and oxygen atoms in total. The highest BCUT2D eigenvalue weighted by atomic mass is 19.1. The number of β-amino-alcohol motifs (C(OH)–C–C–N with tert-alkyl or cyclic N) is 1. The number of hydrogen-bond acceptors (Lipinski definition) is 5. The van der Waals surface area contributed by atoms with E-state index in [-0.39, 0.29) is 31.0 Å². The maximum Gasteiger partial charge on any atom is 0.234 e. The molecule has 26 heavy (non-hydrogen) atoms. The molecular formula is C19H30FN3O3. The zero-order chi connectivity index (χ0) is 18.9. The summed E-state index contributed by atoms with van der Waals surface area (Å²) in [6, 6.07) is 6.63. The first-order valence-corrected chi connectivity index (χ1v) is 9.17. The minimum Gasteiger partial charge on any atom is -0.389 e. The molecule has 1 aliphatic heterocycles. The number of nitrogens with zero attached hydrogens (tertiary/aromatic N) is 2. The standard InChI is InChI=1S/C19H30FN3O3/c1-15(2)21-19(25)12-23-9-7-22(8-10-23)11-17(24)14-26-13-16-5-3-4-6-18(16)20/h3-6,15,17,24H,7-14H2,1-2H3,(H,21,25). The van der Waals surface area contributed by atoms with Crippen LogP contribution in [-0.4, -0.2) is 78.8 Å². The molecule has 2 rings (SSSR count). The normalized spacial score (nSPS) is 17.4. The van der Waals surface area contributed by atoms with Crippen LogP contribution in [0.4, 0.5) is 4.39 Å². The fourth-order valence-electron chi connectivity index (χ4n) is 2.97. The van der Waals surface area contributed by atoms with Gasteiger partial charge < -0.3 is 15.2 Å². The average Bonchev–Trinajstić information content (AvgIpc) is 2.57. The largest absolute Gasteiger partial charge is 0.389 e. The smallest absolute Gasteiger partial charge is 0.234 e. The van der Waals surface area contributed by atoms with Gasteiger partial charge in [0.1, 0.15) is 5.82 Å². The number of nitrogens with one attached hydrogen (secondary N) is 1. The van der Waals surface area contributed by atoms with Gasteiger partial charge in [0.25, 0.3) is 0 Å². The molecule has 1 amide bonds. The number of halogens is 1. The summed E-state index contributed by atoms with van der Waals surface area (Å²) in [4.78, 5) is 16.1. The molecule has 1 unspecified atom stereocenters. The molecular weight excluding hydrogens is 337 g/mol.